The highest BCUT2D eigenvalue weighted by Crippen LogP contribution is 2.31. The van der Waals surface area contributed by atoms with E-state index in [4.69, 9.17) is 23.2 Å². The van der Waals surface area contributed by atoms with Gasteiger partial charge in [-0.05, 0) is 80.9 Å². The van der Waals surface area contributed by atoms with E-state index in [2.05, 4.69) is 10.0 Å². The van der Waals surface area contributed by atoms with Gasteiger partial charge in [-0.25, -0.2) is 16.8 Å². The molecule has 0 fully saturated rings. The summed E-state index contributed by atoms with van der Waals surface area (Å²) in [4.78, 5) is 13.1. The molecular weight excluding hydrogens is 605 g/mol. The van der Waals surface area contributed by atoms with Crippen LogP contribution in [0.2, 0.25) is 10.0 Å². The van der Waals surface area contributed by atoms with Crippen LogP contribution in [0.25, 0.3) is 0 Å². The quantitative estimate of drug-likeness (QED) is 0.217. The molecule has 0 heterocycles. The molecule has 0 aromatic heterocycles. The van der Waals surface area contributed by atoms with Crippen molar-refractivity contribution in [3.05, 3.63) is 112 Å². The van der Waals surface area contributed by atoms with Gasteiger partial charge in [0.05, 0.1) is 31.2 Å². The summed E-state index contributed by atoms with van der Waals surface area (Å²) in [6.45, 7) is 5.02. The molecule has 0 saturated heterocycles. The third kappa shape index (κ3) is 7.02. The first-order chi connectivity index (χ1) is 19.3. The first-order valence-corrected chi connectivity index (χ1v) is 16.0. The van der Waals surface area contributed by atoms with E-state index in [1.54, 1.807) is 37.3 Å². The molecule has 0 spiro atoms. The number of hydrogen-bond acceptors (Lipinski definition) is 5. The molecule has 8 nitrogen and oxygen atoms in total. The second-order valence-corrected chi connectivity index (χ2v) is 13.7. The zero-order valence-corrected chi connectivity index (χ0v) is 25.5. The Hall–Kier alpha value is -3.57. The average Bonchev–Trinajstić information content (AvgIpc) is 2.91. The molecule has 1 amide bonds. The molecule has 214 valence electrons. The number of sulfonamides is 2. The van der Waals surface area contributed by atoms with Crippen LogP contribution in [0.3, 0.4) is 0 Å². The number of aryl methyl sites for hydroxylation is 3. The Morgan fingerprint density at radius 2 is 1.39 bits per heavy atom. The molecule has 0 aliphatic heterocycles. The van der Waals surface area contributed by atoms with E-state index in [1.807, 2.05) is 19.9 Å². The van der Waals surface area contributed by atoms with Crippen molar-refractivity contribution in [3.8, 4) is 0 Å². The maximum atomic E-state index is 13.7. The molecule has 0 bridgehead atoms. The average molecular weight is 633 g/mol. The van der Waals surface area contributed by atoms with E-state index in [-0.39, 0.29) is 31.2 Å². The number of anilines is 3. The number of rotatable bonds is 9. The highest BCUT2D eigenvalue weighted by Gasteiger charge is 2.28. The van der Waals surface area contributed by atoms with Crippen molar-refractivity contribution in [2.24, 2.45) is 0 Å². The minimum atomic E-state index is -4.09. The standard InChI is InChI=1S/C29H27Cl2N3O5S2/c1-19-7-12-24(13-8-19)41(38,39)34(27-16-9-20(2)17-21(27)3)18-28(35)32-22-10-14-23(15-11-22)40(36,37)33-26-6-4-5-25(30)29(26)31/h4-17,33H,18H2,1-3H3,(H,32,35). The summed E-state index contributed by atoms with van der Waals surface area (Å²) in [5.74, 6) is -0.611. The van der Waals surface area contributed by atoms with Gasteiger partial charge in [-0.15, -0.1) is 0 Å². The molecule has 0 saturated carbocycles. The third-order valence-electron chi connectivity index (χ3n) is 6.16. The van der Waals surface area contributed by atoms with Crippen molar-refractivity contribution in [1.82, 2.24) is 0 Å². The van der Waals surface area contributed by atoms with Crippen LogP contribution in [0.15, 0.2) is 94.7 Å². The van der Waals surface area contributed by atoms with Crippen LogP contribution in [0.4, 0.5) is 17.1 Å². The van der Waals surface area contributed by atoms with E-state index in [0.717, 1.165) is 15.4 Å². The molecule has 0 aliphatic rings. The number of carbonyl (C=O) groups is 1. The molecule has 0 aliphatic carbocycles. The van der Waals surface area contributed by atoms with Crippen molar-refractivity contribution >= 4 is 66.2 Å². The van der Waals surface area contributed by atoms with Crippen LogP contribution in [-0.4, -0.2) is 29.3 Å². The molecule has 0 unspecified atom stereocenters. The van der Waals surface area contributed by atoms with Gasteiger partial charge in [-0.3, -0.25) is 13.8 Å². The van der Waals surface area contributed by atoms with Crippen LogP contribution in [-0.2, 0) is 24.8 Å². The van der Waals surface area contributed by atoms with Crippen LogP contribution in [0.5, 0.6) is 0 Å². The van der Waals surface area contributed by atoms with Gasteiger partial charge < -0.3 is 5.32 Å². The van der Waals surface area contributed by atoms with Gasteiger partial charge >= 0.3 is 0 Å². The normalized spacial score (nSPS) is 11.6. The summed E-state index contributed by atoms with van der Waals surface area (Å²) < 4.78 is 56.5. The van der Waals surface area contributed by atoms with Gasteiger partial charge in [0.25, 0.3) is 20.0 Å². The Kier molecular flexibility index (Phi) is 8.98. The number of halogens is 2. The summed E-state index contributed by atoms with van der Waals surface area (Å²) >= 11 is 12.1. The van der Waals surface area contributed by atoms with Crippen molar-refractivity contribution in [2.75, 3.05) is 20.9 Å². The zero-order chi connectivity index (χ0) is 29.9. The first kappa shape index (κ1) is 30.4. The number of nitrogens with one attached hydrogen (secondary N) is 2. The lowest BCUT2D eigenvalue weighted by Gasteiger charge is -2.26. The molecular formula is C29H27Cl2N3O5S2. The predicted molar refractivity (Wildman–Crippen MR) is 164 cm³/mol. The van der Waals surface area contributed by atoms with Gasteiger partial charge in [-0.1, -0.05) is 64.7 Å². The minimum absolute atomic E-state index is 0.0535. The fourth-order valence-electron chi connectivity index (χ4n) is 4.06. The monoisotopic (exact) mass is 631 g/mol. The lowest BCUT2D eigenvalue weighted by molar-refractivity contribution is -0.114. The summed E-state index contributed by atoms with van der Waals surface area (Å²) in [5.41, 5.74) is 3.32. The number of hydrogen-bond donors (Lipinski definition) is 2. The van der Waals surface area contributed by atoms with Crippen LogP contribution < -0.4 is 14.3 Å². The maximum Gasteiger partial charge on any atom is 0.264 e. The van der Waals surface area contributed by atoms with Gasteiger partial charge in [-0.2, -0.15) is 0 Å². The molecule has 0 radical (unpaired) electrons. The number of benzene rings is 4. The van der Waals surface area contributed by atoms with Gasteiger partial charge in [0.2, 0.25) is 5.91 Å². The lowest BCUT2D eigenvalue weighted by atomic mass is 10.1. The lowest BCUT2D eigenvalue weighted by Crippen LogP contribution is -2.38. The second-order valence-electron chi connectivity index (χ2n) is 9.39. The first-order valence-electron chi connectivity index (χ1n) is 12.3. The van der Waals surface area contributed by atoms with Crippen LogP contribution in [0, 0.1) is 20.8 Å². The van der Waals surface area contributed by atoms with E-state index in [1.165, 1.54) is 48.5 Å². The van der Waals surface area contributed by atoms with Crippen molar-refractivity contribution < 1.29 is 21.6 Å². The Bertz CT molecular complexity index is 1810. The van der Waals surface area contributed by atoms with Crippen molar-refractivity contribution in [2.45, 2.75) is 30.6 Å². The minimum Gasteiger partial charge on any atom is -0.325 e. The summed E-state index contributed by atoms with van der Waals surface area (Å²) in [5, 5.41) is 2.92. The van der Waals surface area contributed by atoms with Gasteiger partial charge in [0.15, 0.2) is 0 Å². The summed E-state index contributed by atoms with van der Waals surface area (Å²) in [7, 11) is -8.10. The highest BCUT2D eigenvalue weighted by atomic mass is 35.5. The summed E-state index contributed by atoms with van der Waals surface area (Å²) in [6.07, 6.45) is 0. The van der Waals surface area contributed by atoms with E-state index < -0.39 is 32.5 Å². The van der Waals surface area contributed by atoms with E-state index in [0.29, 0.717) is 11.3 Å². The van der Waals surface area contributed by atoms with Crippen LogP contribution in [0.1, 0.15) is 16.7 Å². The molecule has 41 heavy (non-hydrogen) atoms. The topological polar surface area (TPSA) is 113 Å². The molecule has 12 heteroatoms. The zero-order valence-electron chi connectivity index (χ0n) is 22.4. The van der Waals surface area contributed by atoms with Crippen molar-refractivity contribution in [1.29, 1.82) is 0 Å². The third-order valence-corrected chi connectivity index (χ3v) is 10.1. The molecule has 0 atom stereocenters. The highest BCUT2D eigenvalue weighted by molar-refractivity contribution is 7.93. The fraction of sp³-hybridized carbons (Fsp3) is 0.138. The fourth-order valence-corrected chi connectivity index (χ4v) is 7.02. The molecule has 4 aromatic carbocycles. The molecule has 4 rings (SSSR count). The van der Waals surface area contributed by atoms with E-state index >= 15 is 0 Å². The Morgan fingerprint density at radius 3 is 2.02 bits per heavy atom. The molecule has 2 N–H and O–H groups in total. The van der Waals surface area contributed by atoms with Crippen molar-refractivity contribution in [3.63, 3.8) is 0 Å². The number of carbonyl (C=O) groups excluding carboxylic acids is 1. The van der Waals surface area contributed by atoms with Gasteiger partial charge in [0, 0.05) is 5.69 Å². The SMILES string of the molecule is Cc1ccc(S(=O)(=O)N(CC(=O)Nc2ccc(S(=O)(=O)Nc3cccc(Cl)c3Cl)cc2)c2ccc(C)cc2C)cc1. The van der Waals surface area contributed by atoms with Gasteiger partial charge in [0.1, 0.15) is 6.54 Å². The maximum absolute atomic E-state index is 13.7. The number of nitrogens with zero attached hydrogens (tertiary/aromatic N) is 1. The Balaban J connectivity index is 1.56. The Labute approximate surface area is 250 Å². The second kappa shape index (κ2) is 12.1. The van der Waals surface area contributed by atoms with E-state index in [9.17, 15) is 21.6 Å². The molecule has 4 aromatic rings. The Morgan fingerprint density at radius 1 is 0.780 bits per heavy atom. The summed E-state index contributed by atoms with van der Waals surface area (Å²) in [6, 6.07) is 21.7. The predicted octanol–water partition coefficient (Wildman–Crippen LogP) is 6.55. The number of amides is 1. The van der Waals surface area contributed by atoms with Crippen LogP contribution >= 0.6 is 23.2 Å². The smallest absolute Gasteiger partial charge is 0.264 e. The largest absolute Gasteiger partial charge is 0.325 e.